The molecule has 0 fully saturated rings. The van der Waals surface area contributed by atoms with Crippen LogP contribution in [0.1, 0.15) is 17.3 Å². The maximum atomic E-state index is 12.5. The first kappa shape index (κ1) is 13.4. The second-order valence-electron chi connectivity index (χ2n) is 4.43. The van der Waals surface area contributed by atoms with Gasteiger partial charge in [0.15, 0.2) is 0 Å². The van der Waals surface area contributed by atoms with E-state index in [2.05, 4.69) is 5.32 Å². The van der Waals surface area contributed by atoms with Crippen LogP contribution in [-0.2, 0) is 9.53 Å². The second kappa shape index (κ2) is 5.27. The molecular weight excluding hydrogens is 246 g/mol. The summed E-state index contributed by atoms with van der Waals surface area (Å²) in [6.07, 6.45) is 0. The van der Waals surface area contributed by atoms with Crippen molar-refractivity contribution in [2.75, 3.05) is 31.3 Å². The zero-order valence-electron chi connectivity index (χ0n) is 11.0. The Morgan fingerprint density at radius 2 is 2.16 bits per heavy atom. The molecule has 6 heteroatoms. The molecular formula is C13H17N3O3. The fourth-order valence-electron chi connectivity index (χ4n) is 2.10. The van der Waals surface area contributed by atoms with Gasteiger partial charge in [-0.1, -0.05) is 6.07 Å². The lowest BCUT2D eigenvalue weighted by Crippen LogP contribution is -2.44. The largest absolute Gasteiger partial charge is 0.398 e. The zero-order chi connectivity index (χ0) is 14.0. The normalized spacial score (nSPS) is 18.8. The molecule has 0 spiro atoms. The minimum absolute atomic E-state index is 0.228. The lowest BCUT2D eigenvalue weighted by molar-refractivity contribution is -0.120. The summed E-state index contributed by atoms with van der Waals surface area (Å²) in [5.74, 6) is -0.482. The molecule has 1 aromatic rings. The lowest BCUT2D eigenvalue weighted by atomic mass is 10.1. The molecule has 0 radical (unpaired) electrons. The highest BCUT2D eigenvalue weighted by atomic mass is 16.5. The van der Waals surface area contributed by atoms with Crippen molar-refractivity contribution >= 4 is 23.2 Å². The molecule has 6 nitrogen and oxygen atoms in total. The summed E-state index contributed by atoms with van der Waals surface area (Å²) in [5, 5.41) is 2.73. The number of benzene rings is 1. The van der Waals surface area contributed by atoms with Crippen LogP contribution < -0.4 is 11.1 Å². The minimum atomic E-state index is -0.561. The van der Waals surface area contributed by atoms with Gasteiger partial charge in [-0.25, -0.2) is 0 Å². The number of anilines is 2. The average Bonchev–Trinajstić information content (AvgIpc) is 2.46. The van der Waals surface area contributed by atoms with Crippen molar-refractivity contribution in [2.45, 2.75) is 13.0 Å². The maximum Gasteiger partial charge on any atom is 0.258 e. The molecule has 1 aliphatic rings. The van der Waals surface area contributed by atoms with Crippen LogP contribution in [0, 0.1) is 0 Å². The third-order valence-electron chi connectivity index (χ3n) is 3.21. The van der Waals surface area contributed by atoms with E-state index in [1.54, 1.807) is 32.2 Å². The number of hydrogen-bond acceptors (Lipinski definition) is 4. The first-order valence-corrected chi connectivity index (χ1v) is 6.05. The lowest BCUT2D eigenvalue weighted by Gasteiger charge is -2.25. The van der Waals surface area contributed by atoms with Crippen molar-refractivity contribution in [3.05, 3.63) is 23.8 Å². The summed E-state index contributed by atoms with van der Waals surface area (Å²) in [4.78, 5) is 26.0. The molecule has 0 aliphatic carbocycles. The highest BCUT2D eigenvalue weighted by Crippen LogP contribution is 2.27. The third kappa shape index (κ3) is 2.39. The fraction of sp³-hybridized carbons (Fsp3) is 0.385. The Morgan fingerprint density at radius 1 is 1.42 bits per heavy atom. The van der Waals surface area contributed by atoms with Crippen molar-refractivity contribution in [1.29, 1.82) is 0 Å². The Kier molecular flexibility index (Phi) is 3.71. The van der Waals surface area contributed by atoms with Crippen molar-refractivity contribution in [2.24, 2.45) is 0 Å². The van der Waals surface area contributed by atoms with E-state index in [-0.39, 0.29) is 11.8 Å². The molecule has 102 valence electrons. The standard InChI is InChI=1S/C13H17N3O3/c1-8-12(17)15-10-5-3-4-9(14)11(10)13(18)16(8)6-7-19-2/h3-5,8H,6-7,14H2,1-2H3,(H,15,17). The van der Waals surface area contributed by atoms with Crippen LogP contribution in [0.5, 0.6) is 0 Å². The second-order valence-corrected chi connectivity index (χ2v) is 4.43. The number of nitrogen functional groups attached to an aromatic ring is 1. The molecule has 1 unspecified atom stereocenters. The third-order valence-corrected chi connectivity index (χ3v) is 3.21. The number of nitrogens with one attached hydrogen (secondary N) is 1. The van der Waals surface area contributed by atoms with Crippen LogP contribution in [0.4, 0.5) is 11.4 Å². The molecule has 1 aliphatic heterocycles. The van der Waals surface area contributed by atoms with Crippen LogP contribution in [0.25, 0.3) is 0 Å². The van der Waals surface area contributed by atoms with E-state index in [1.165, 1.54) is 4.90 Å². The van der Waals surface area contributed by atoms with Gasteiger partial charge in [-0.3, -0.25) is 9.59 Å². The first-order valence-electron chi connectivity index (χ1n) is 6.05. The van der Waals surface area contributed by atoms with Gasteiger partial charge in [-0.2, -0.15) is 0 Å². The highest BCUT2D eigenvalue weighted by Gasteiger charge is 2.33. The van der Waals surface area contributed by atoms with Gasteiger partial charge in [-0.05, 0) is 19.1 Å². The van der Waals surface area contributed by atoms with Crippen molar-refractivity contribution in [1.82, 2.24) is 4.90 Å². The molecule has 0 aromatic heterocycles. The van der Waals surface area contributed by atoms with Crippen LogP contribution in [-0.4, -0.2) is 43.0 Å². The predicted molar refractivity (Wildman–Crippen MR) is 71.9 cm³/mol. The van der Waals surface area contributed by atoms with E-state index in [0.29, 0.717) is 30.1 Å². The van der Waals surface area contributed by atoms with Gasteiger partial charge in [0.1, 0.15) is 6.04 Å². The van der Waals surface area contributed by atoms with E-state index < -0.39 is 6.04 Å². The van der Waals surface area contributed by atoms with E-state index in [4.69, 9.17) is 10.5 Å². The molecule has 2 rings (SSSR count). The Labute approximate surface area is 111 Å². The average molecular weight is 263 g/mol. The predicted octanol–water partition coefficient (Wildman–Crippen LogP) is 0.698. The van der Waals surface area contributed by atoms with Gasteiger partial charge in [-0.15, -0.1) is 0 Å². The van der Waals surface area contributed by atoms with Crippen LogP contribution in [0.3, 0.4) is 0 Å². The van der Waals surface area contributed by atoms with Crippen LogP contribution in [0.15, 0.2) is 18.2 Å². The molecule has 1 atom stereocenters. The van der Waals surface area contributed by atoms with Crippen molar-refractivity contribution < 1.29 is 14.3 Å². The number of nitrogens with zero attached hydrogens (tertiary/aromatic N) is 1. The quantitative estimate of drug-likeness (QED) is 0.786. The molecule has 0 bridgehead atoms. The Morgan fingerprint density at radius 3 is 2.84 bits per heavy atom. The molecule has 0 saturated carbocycles. The van der Waals surface area contributed by atoms with Gasteiger partial charge >= 0.3 is 0 Å². The SMILES string of the molecule is COCCN1C(=O)c2c(N)cccc2NC(=O)C1C. The number of nitrogens with two attached hydrogens (primary N) is 1. The summed E-state index contributed by atoms with van der Waals surface area (Å²) in [7, 11) is 1.55. The van der Waals surface area contributed by atoms with Crippen LogP contribution >= 0.6 is 0 Å². The Balaban J connectivity index is 2.45. The molecule has 0 saturated heterocycles. The topological polar surface area (TPSA) is 84.7 Å². The number of hydrogen-bond donors (Lipinski definition) is 2. The monoisotopic (exact) mass is 263 g/mol. The number of methoxy groups -OCH3 is 1. The number of carbonyl (C=O) groups excluding carboxylic acids is 2. The Hall–Kier alpha value is -2.08. The van der Waals surface area contributed by atoms with Gasteiger partial charge < -0.3 is 20.7 Å². The summed E-state index contributed by atoms with van der Waals surface area (Å²) in [6, 6.07) is 4.47. The highest BCUT2D eigenvalue weighted by molar-refractivity contribution is 6.12. The number of amides is 2. The van der Waals surface area contributed by atoms with Crippen LogP contribution in [0.2, 0.25) is 0 Å². The molecule has 3 N–H and O–H groups in total. The maximum absolute atomic E-state index is 12.5. The zero-order valence-corrected chi connectivity index (χ0v) is 11.0. The smallest absolute Gasteiger partial charge is 0.258 e. The van der Waals surface area contributed by atoms with Gasteiger partial charge in [0, 0.05) is 19.3 Å². The number of carbonyl (C=O) groups is 2. The molecule has 2 amide bonds. The first-order chi connectivity index (χ1) is 9.06. The van der Waals surface area contributed by atoms with Gasteiger partial charge in [0.05, 0.1) is 17.9 Å². The number of rotatable bonds is 3. The molecule has 1 aromatic carbocycles. The van der Waals surface area contributed by atoms with E-state index in [1.807, 2.05) is 0 Å². The number of fused-ring (bicyclic) bond motifs is 1. The summed E-state index contributed by atoms with van der Waals surface area (Å²) < 4.78 is 4.98. The minimum Gasteiger partial charge on any atom is -0.398 e. The van der Waals surface area contributed by atoms with E-state index >= 15 is 0 Å². The van der Waals surface area contributed by atoms with Gasteiger partial charge in [0.2, 0.25) is 5.91 Å². The van der Waals surface area contributed by atoms with Gasteiger partial charge in [0.25, 0.3) is 5.91 Å². The van der Waals surface area contributed by atoms with E-state index in [9.17, 15) is 9.59 Å². The van der Waals surface area contributed by atoms with E-state index in [0.717, 1.165) is 0 Å². The molecule has 1 heterocycles. The molecule has 19 heavy (non-hydrogen) atoms. The van der Waals surface area contributed by atoms with Crippen molar-refractivity contribution in [3.63, 3.8) is 0 Å². The fourth-order valence-corrected chi connectivity index (χ4v) is 2.10. The Bertz CT molecular complexity index is 516. The summed E-state index contributed by atoms with van der Waals surface area (Å²) in [6.45, 7) is 2.40. The van der Waals surface area contributed by atoms with Crippen molar-refractivity contribution in [3.8, 4) is 0 Å². The number of ether oxygens (including phenoxy) is 1. The summed E-state index contributed by atoms with van der Waals surface area (Å²) in [5.41, 5.74) is 7.02. The summed E-state index contributed by atoms with van der Waals surface area (Å²) >= 11 is 0.